The normalized spacial score (nSPS) is 18.1. The van der Waals surface area contributed by atoms with Crippen molar-refractivity contribution in [3.05, 3.63) is 28.2 Å². The lowest BCUT2D eigenvalue weighted by molar-refractivity contribution is 0.222. The van der Waals surface area contributed by atoms with E-state index in [1.807, 2.05) is 13.0 Å². The van der Waals surface area contributed by atoms with Gasteiger partial charge in [-0.15, -0.1) is 24.8 Å². The zero-order chi connectivity index (χ0) is 10.8. The molecule has 0 saturated carbocycles. The zero-order valence-electron chi connectivity index (χ0n) is 9.93. The van der Waals surface area contributed by atoms with E-state index in [2.05, 4.69) is 5.32 Å². The molecule has 2 rings (SSSR count). The molecule has 2 heterocycles. The third kappa shape index (κ3) is 3.91. The van der Waals surface area contributed by atoms with Gasteiger partial charge in [-0.1, -0.05) is 0 Å². The Kier molecular flexibility index (Phi) is 6.60. The summed E-state index contributed by atoms with van der Waals surface area (Å²) in [5, 5.41) is 3.22. The number of rotatable bonds is 2. The number of aromatic nitrogens is 1. The fraction of sp³-hybridized carbons (Fsp3) is 0.545. The summed E-state index contributed by atoms with van der Waals surface area (Å²) >= 11 is 0. The van der Waals surface area contributed by atoms with Crippen LogP contribution < -0.4 is 15.6 Å². The summed E-state index contributed by atoms with van der Waals surface area (Å²) < 4.78 is 7.33. The molecule has 0 aliphatic carbocycles. The highest BCUT2D eigenvalue weighted by molar-refractivity contribution is 5.85. The van der Waals surface area contributed by atoms with Crippen LogP contribution in [0.15, 0.2) is 16.9 Å². The molecular weight excluding hydrogens is 263 g/mol. The van der Waals surface area contributed by atoms with E-state index in [9.17, 15) is 4.79 Å². The van der Waals surface area contributed by atoms with Crippen molar-refractivity contribution in [2.24, 2.45) is 7.05 Å². The number of halogens is 2. The Morgan fingerprint density at radius 3 is 2.65 bits per heavy atom. The van der Waals surface area contributed by atoms with Crippen molar-refractivity contribution in [3.8, 4) is 5.75 Å². The van der Waals surface area contributed by atoms with Gasteiger partial charge in [-0.2, -0.15) is 0 Å². The molecule has 0 bridgehead atoms. The first-order valence-electron chi connectivity index (χ1n) is 5.22. The summed E-state index contributed by atoms with van der Waals surface area (Å²) in [6.45, 7) is 3.77. The fourth-order valence-electron chi connectivity index (χ4n) is 1.73. The van der Waals surface area contributed by atoms with Crippen LogP contribution >= 0.6 is 24.8 Å². The van der Waals surface area contributed by atoms with E-state index in [-0.39, 0.29) is 36.5 Å². The van der Waals surface area contributed by atoms with Gasteiger partial charge < -0.3 is 14.6 Å². The summed E-state index contributed by atoms with van der Waals surface area (Å²) in [5.41, 5.74) is 0.902. The number of aryl methyl sites for hydroxylation is 1. The van der Waals surface area contributed by atoms with Crippen LogP contribution in [-0.4, -0.2) is 23.8 Å². The van der Waals surface area contributed by atoms with Gasteiger partial charge in [0.05, 0.1) is 0 Å². The van der Waals surface area contributed by atoms with Crippen molar-refractivity contribution in [2.45, 2.75) is 19.4 Å². The van der Waals surface area contributed by atoms with E-state index in [0.717, 1.165) is 25.2 Å². The van der Waals surface area contributed by atoms with Gasteiger partial charge in [0.15, 0.2) is 0 Å². The second kappa shape index (κ2) is 6.89. The van der Waals surface area contributed by atoms with E-state index in [1.54, 1.807) is 17.7 Å². The fourth-order valence-corrected chi connectivity index (χ4v) is 1.73. The Labute approximate surface area is 113 Å². The molecule has 1 aliphatic heterocycles. The molecule has 1 atom stereocenters. The molecule has 4 nitrogen and oxygen atoms in total. The zero-order valence-corrected chi connectivity index (χ0v) is 11.6. The first-order valence-corrected chi connectivity index (χ1v) is 5.22. The molecule has 6 heteroatoms. The summed E-state index contributed by atoms with van der Waals surface area (Å²) in [5.74, 6) is 0.685. The molecule has 0 radical (unpaired) electrons. The van der Waals surface area contributed by atoms with Crippen LogP contribution in [-0.2, 0) is 7.05 Å². The first kappa shape index (κ1) is 16.3. The average molecular weight is 281 g/mol. The summed E-state index contributed by atoms with van der Waals surface area (Å²) in [6, 6.07) is 3.45. The molecule has 0 spiro atoms. The lowest BCUT2D eigenvalue weighted by Gasteiger charge is -2.13. The Balaban J connectivity index is 0.00000128. The Morgan fingerprint density at radius 2 is 2.12 bits per heavy atom. The van der Waals surface area contributed by atoms with Crippen LogP contribution in [0.4, 0.5) is 0 Å². The van der Waals surface area contributed by atoms with Gasteiger partial charge in [0, 0.05) is 25.4 Å². The lowest BCUT2D eigenvalue weighted by Crippen LogP contribution is -2.22. The highest BCUT2D eigenvalue weighted by Gasteiger charge is 2.16. The molecule has 1 aromatic rings. The van der Waals surface area contributed by atoms with Gasteiger partial charge in [-0.05, 0) is 26.0 Å². The minimum atomic E-state index is -0.0176. The highest BCUT2D eigenvalue weighted by atomic mass is 35.5. The minimum absolute atomic E-state index is 0. The molecule has 1 N–H and O–H groups in total. The van der Waals surface area contributed by atoms with E-state index >= 15 is 0 Å². The molecule has 1 saturated heterocycles. The van der Waals surface area contributed by atoms with Gasteiger partial charge in [-0.3, -0.25) is 4.79 Å². The molecule has 1 fully saturated rings. The summed E-state index contributed by atoms with van der Waals surface area (Å²) in [4.78, 5) is 11.5. The maximum Gasteiger partial charge on any atom is 0.254 e. The summed E-state index contributed by atoms with van der Waals surface area (Å²) in [6.07, 6.45) is 1.21. The van der Waals surface area contributed by atoms with E-state index < -0.39 is 0 Å². The van der Waals surface area contributed by atoms with Gasteiger partial charge in [0.2, 0.25) is 0 Å². The lowest BCUT2D eigenvalue weighted by atomic mass is 10.3. The monoisotopic (exact) mass is 280 g/mol. The molecule has 0 amide bonds. The first-order chi connectivity index (χ1) is 7.16. The van der Waals surface area contributed by atoms with Crippen molar-refractivity contribution in [1.82, 2.24) is 9.88 Å². The second-order valence-corrected chi connectivity index (χ2v) is 3.96. The molecule has 0 aromatic carbocycles. The predicted octanol–water partition coefficient (Wildman–Crippen LogP) is 1.28. The minimum Gasteiger partial charge on any atom is -0.489 e. The number of nitrogens with zero attached hydrogens (tertiary/aromatic N) is 1. The van der Waals surface area contributed by atoms with E-state index in [4.69, 9.17) is 4.74 Å². The average Bonchev–Trinajstić information content (AvgIpc) is 2.66. The molecule has 1 aromatic heterocycles. The van der Waals surface area contributed by atoms with Gasteiger partial charge in [-0.25, -0.2) is 0 Å². The van der Waals surface area contributed by atoms with Crippen molar-refractivity contribution in [3.63, 3.8) is 0 Å². The number of pyridine rings is 1. The van der Waals surface area contributed by atoms with Crippen LogP contribution in [0, 0.1) is 6.92 Å². The van der Waals surface area contributed by atoms with Crippen molar-refractivity contribution in [1.29, 1.82) is 0 Å². The Bertz CT molecular complexity index is 414. The number of ether oxygens (including phenoxy) is 1. The number of hydrogen-bond acceptors (Lipinski definition) is 3. The van der Waals surface area contributed by atoms with E-state index in [0.29, 0.717) is 5.75 Å². The highest BCUT2D eigenvalue weighted by Crippen LogP contribution is 2.14. The molecular formula is C11H18Cl2N2O2. The number of hydrogen-bond donors (Lipinski definition) is 1. The largest absolute Gasteiger partial charge is 0.489 e. The van der Waals surface area contributed by atoms with Crippen LogP contribution in [0.3, 0.4) is 0 Å². The SMILES string of the molecule is Cc1cc(OC2CCNC2)cc(=O)n1C.Cl.Cl. The van der Waals surface area contributed by atoms with Crippen molar-refractivity contribution < 1.29 is 4.74 Å². The van der Waals surface area contributed by atoms with Gasteiger partial charge in [0.25, 0.3) is 5.56 Å². The van der Waals surface area contributed by atoms with Crippen LogP contribution in [0.25, 0.3) is 0 Å². The maximum absolute atomic E-state index is 11.5. The molecule has 98 valence electrons. The molecule has 1 unspecified atom stereocenters. The Hall–Kier alpha value is -0.710. The van der Waals surface area contributed by atoms with Crippen LogP contribution in [0.2, 0.25) is 0 Å². The summed E-state index contributed by atoms with van der Waals surface area (Å²) in [7, 11) is 1.76. The van der Waals surface area contributed by atoms with Crippen molar-refractivity contribution >= 4 is 24.8 Å². The Morgan fingerprint density at radius 1 is 1.41 bits per heavy atom. The maximum atomic E-state index is 11.5. The van der Waals surface area contributed by atoms with E-state index in [1.165, 1.54) is 0 Å². The third-order valence-electron chi connectivity index (χ3n) is 2.79. The van der Waals surface area contributed by atoms with Crippen molar-refractivity contribution in [2.75, 3.05) is 13.1 Å². The second-order valence-electron chi connectivity index (χ2n) is 3.96. The quantitative estimate of drug-likeness (QED) is 0.888. The third-order valence-corrected chi connectivity index (χ3v) is 2.79. The predicted molar refractivity (Wildman–Crippen MR) is 72.8 cm³/mol. The number of nitrogens with one attached hydrogen (secondary N) is 1. The molecule has 17 heavy (non-hydrogen) atoms. The standard InChI is InChI=1S/C11H16N2O2.2ClH/c1-8-5-10(6-11(14)13(8)2)15-9-3-4-12-7-9;;/h5-6,9,12H,3-4,7H2,1-2H3;2*1H. The smallest absolute Gasteiger partial charge is 0.254 e. The topological polar surface area (TPSA) is 43.3 Å². The molecule has 1 aliphatic rings. The van der Waals surface area contributed by atoms with Gasteiger partial charge in [0.1, 0.15) is 11.9 Å². The van der Waals surface area contributed by atoms with Gasteiger partial charge >= 0.3 is 0 Å². The van der Waals surface area contributed by atoms with Crippen LogP contribution in [0.5, 0.6) is 5.75 Å². The van der Waals surface area contributed by atoms with Crippen LogP contribution in [0.1, 0.15) is 12.1 Å².